The summed E-state index contributed by atoms with van der Waals surface area (Å²) in [6, 6.07) is 7.55. The molecule has 7 atom stereocenters. The Labute approximate surface area is 456 Å². The number of nitrogens with one attached hydrogen (secondary N) is 7. The Bertz CT molecular complexity index is 2790. The first-order valence-electron chi connectivity index (χ1n) is 26.0. The average Bonchev–Trinajstić information content (AvgIpc) is 4.07. The zero-order valence-corrected chi connectivity index (χ0v) is 44.4. The van der Waals surface area contributed by atoms with Gasteiger partial charge in [0.05, 0.1) is 12.4 Å². The molecule has 2 aromatic carbocycles. The Hall–Kier alpha value is -8.15. The van der Waals surface area contributed by atoms with Gasteiger partial charge in [0.2, 0.25) is 35.4 Å². The zero-order chi connectivity index (χ0) is 56.7. The van der Waals surface area contributed by atoms with Crippen molar-refractivity contribution in [3.63, 3.8) is 0 Å². The van der Waals surface area contributed by atoms with Gasteiger partial charge in [-0.15, -0.1) is 0 Å². The number of carbonyl (C=O) groups is 9. The number of hydrogen-bond acceptors (Lipinski definition) is 12. The number of aliphatic imine (C=N–C) groups is 2. The van der Waals surface area contributed by atoms with E-state index in [-0.39, 0.29) is 121 Å². The number of hydrogen-bond donors (Lipinski definition) is 12. The van der Waals surface area contributed by atoms with Crippen LogP contribution in [0.25, 0.3) is 10.9 Å². The minimum absolute atomic E-state index is 0.0177. The summed E-state index contributed by atoms with van der Waals surface area (Å²) in [5.74, 6) is -8.26. The van der Waals surface area contributed by atoms with Crippen LogP contribution in [-0.2, 0) is 62.4 Å². The van der Waals surface area contributed by atoms with Crippen LogP contribution in [0.3, 0.4) is 0 Å². The summed E-state index contributed by atoms with van der Waals surface area (Å²) in [6.45, 7) is 1.47. The number of rotatable bonds is 18. The van der Waals surface area contributed by atoms with E-state index in [1.807, 2.05) is 24.3 Å². The maximum Gasteiger partial charge on any atom is 0.243 e. The van der Waals surface area contributed by atoms with Crippen molar-refractivity contribution in [3.05, 3.63) is 89.1 Å². The van der Waals surface area contributed by atoms with E-state index in [4.69, 9.17) is 40.3 Å². The van der Waals surface area contributed by atoms with E-state index < -0.39 is 95.5 Å². The molecule has 0 aliphatic carbocycles. The molecule has 1 fully saturated rings. The van der Waals surface area contributed by atoms with Crippen LogP contribution in [-0.4, -0.2) is 123 Å². The molecule has 78 heavy (non-hydrogen) atoms. The average molecular weight is 1100 g/mol. The highest BCUT2D eigenvalue weighted by Crippen LogP contribution is 2.27. The number of nitrogens with two attached hydrogens (primary N) is 5. The molecular weight excluding hydrogens is 1030 g/mol. The number of fused-ring (bicyclic) bond motifs is 1. The predicted octanol–water partition coefficient (Wildman–Crippen LogP) is 0.683. The van der Waals surface area contributed by atoms with Crippen LogP contribution in [0.4, 0.5) is 0 Å². The van der Waals surface area contributed by atoms with E-state index >= 15 is 0 Å². The van der Waals surface area contributed by atoms with Crippen molar-refractivity contribution in [1.82, 2.24) is 41.5 Å². The van der Waals surface area contributed by atoms with E-state index in [9.17, 15) is 43.2 Å². The largest absolute Gasteiger partial charge is 0.370 e. The Balaban J connectivity index is 1.56. The van der Waals surface area contributed by atoms with Gasteiger partial charge in [0.1, 0.15) is 35.7 Å². The predicted molar refractivity (Wildman–Crippen MR) is 293 cm³/mol. The zero-order valence-electron chi connectivity index (χ0n) is 43.7. The van der Waals surface area contributed by atoms with E-state index in [1.54, 1.807) is 30.5 Å². The van der Waals surface area contributed by atoms with Crippen molar-refractivity contribution in [3.8, 4) is 0 Å². The van der Waals surface area contributed by atoms with E-state index in [2.05, 4.69) is 51.5 Å². The third kappa shape index (κ3) is 20.1. The fourth-order valence-corrected chi connectivity index (χ4v) is 9.50. The number of Topliss-reactive ketones (excluding diaryl/α,β-unsaturated/α-hetero) is 3. The van der Waals surface area contributed by atoms with Crippen molar-refractivity contribution < 1.29 is 43.2 Å². The van der Waals surface area contributed by atoms with Gasteiger partial charge in [0.25, 0.3) is 0 Å². The molecule has 17 N–H and O–H groups in total. The van der Waals surface area contributed by atoms with Gasteiger partial charge >= 0.3 is 0 Å². The Kier molecular flexibility index (Phi) is 23.8. The SMILES string of the molecule is CC(=O)N[C@H](CCCN=C(N)N)C(=O)N[C@H]1CCCCC(=O)CC[C@@H](C(N)=O)NC(=O)[C@H](Cc2c[nH]c3ccccc23)CC(=O)[C@H](CCCN=C(N)N)CC(=O)[C@@H](Cc2cccc(Cl)c2)NC(=O)[C@H](Cc2cnc[nH]2)NC1=O. The maximum absolute atomic E-state index is 14.9. The standard InChI is InChI=1S/C53H72ClN15O9/c1-30(70)65-41(16-8-20-62-53(58)59)49(76)67-42-15-4-2-12-37(71)17-18-40(47(55)74)66-48(75)33(23-34-27-63-39-14-5-3-13-38(34)39)25-45(72)32(10-7-19-61-52(56)57)24-46(73)43(22-31-9-6-11-35(54)21-31)68-51(78)44(69-50(42)77)26-36-28-60-29-64-36/h3,5-6,9,11,13-14,21,27-29,32-33,40-44,63H,2,4,7-8,10,12,15-20,22-26H2,1H3,(H2,55,74)(H,60,64)(H,65,70)(H,66,75)(H,67,76)(H,68,78)(H,69,77)(H4,56,57,61)(H4,58,59,62)/t32-,33-,40+,41-,42+,43-,44+/m1/s1. The summed E-state index contributed by atoms with van der Waals surface area (Å²) in [6.07, 6.45) is 4.22. The summed E-state index contributed by atoms with van der Waals surface area (Å²) in [7, 11) is 0. The fraction of sp³-hybridized carbons (Fsp3) is 0.472. The molecule has 0 unspecified atom stereocenters. The number of amides is 6. The van der Waals surface area contributed by atoms with Crippen molar-refractivity contribution in [2.24, 2.45) is 50.5 Å². The van der Waals surface area contributed by atoms with Gasteiger partial charge in [-0.3, -0.25) is 53.1 Å². The third-order valence-corrected chi connectivity index (χ3v) is 13.6. The first kappa shape index (κ1) is 60.7. The number of H-pyrrole nitrogens is 2. The Morgan fingerprint density at radius 1 is 0.756 bits per heavy atom. The number of aromatic amines is 2. The third-order valence-electron chi connectivity index (χ3n) is 13.4. The van der Waals surface area contributed by atoms with Gasteiger partial charge in [-0.1, -0.05) is 48.4 Å². The number of halogens is 1. The van der Waals surface area contributed by atoms with Gasteiger partial charge in [0.15, 0.2) is 17.7 Å². The molecule has 0 spiro atoms. The molecular formula is C53H72ClN15O9. The number of ketones is 3. The van der Waals surface area contributed by atoms with Crippen molar-refractivity contribution in [2.45, 2.75) is 133 Å². The molecule has 1 aliphatic rings. The van der Waals surface area contributed by atoms with Crippen LogP contribution in [0.15, 0.2) is 77.2 Å². The number of benzene rings is 2. The van der Waals surface area contributed by atoms with Crippen LogP contribution < -0.4 is 55.3 Å². The molecule has 0 bridgehead atoms. The molecule has 3 heterocycles. The topological polar surface area (TPSA) is 413 Å². The lowest BCUT2D eigenvalue weighted by molar-refractivity contribution is -0.135. The first-order chi connectivity index (χ1) is 37.3. The van der Waals surface area contributed by atoms with Crippen LogP contribution in [0.1, 0.15) is 101 Å². The molecule has 4 aromatic rings. The van der Waals surface area contributed by atoms with Gasteiger partial charge in [-0.25, -0.2) is 4.98 Å². The molecule has 420 valence electrons. The second-order valence-electron chi connectivity index (χ2n) is 19.5. The highest BCUT2D eigenvalue weighted by atomic mass is 35.5. The highest BCUT2D eigenvalue weighted by molar-refractivity contribution is 6.30. The van der Waals surface area contributed by atoms with E-state index in [0.717, 1.165) is 10.9 Å². The lowest BCUT2D eigenvalue weighted by Crippen LogP contribution is -2.58. The molecule has 1 saturated heterocycles. The van der Waals surface area contributed by atoms with Crippen molar-refractivity contribution in [2.75, 3.05) is 13.1 Å². The second-order valence-corrected chi connectivity index (χ2v) is 20.0. The summed E-state index contributed by atoms with van der Waals surface area (Å²) in [4.78, 5) is 144. The number of primary amides is 1. The van der Waals surface area contributed by atoms with E-state index in [0.29, 0.717) is 21.8 Å². The van der Waals surface area contributed by atoms with Crippen LogP contribution in [0, 0.1) is 11.8 Å². The second kappa shape index (κ2) is 30.6. The summed E-state index contributed by atoms with van der Waals surface area (Å²) in [5.41, 5.74) is 30.4. The van der Waals surface area contributed by atoms with Crippen LogP contribution in [0.2, 0.25) is 5.02 Å². The number of nitrogens with zero attached hydrogens (tertiary/aromatic N) is 3. The van der Waals surface area contributed by atoms with E-state index in [1.165, 1.54) is 19.4 Å². The van der Waals surface area contributed by atoms with Gasteiger partial charge in [0, 0.05) is 98.0 Å². The van der Waals surface area contributed by atoms with Gasteiger partial charge < -0.3 is 65.2 Å². The summed E-state index contributed by atoms with van der Waals surface area (Å²) >= 11 is 6.40. The lowest BCUT2D eigenvalue weighted by Gasteiger charge is -2.27. The van der Waals surface area contributed by atoms with Crippen molar-refractivity contribution in [1.29, 1.82) is 0 Å². The maximum atomic E-state index is 14.9. The molecule has 25 heteroatoms. The molecule has 1 aliphatic heterocycles. The number of imidazole rings is 1. The summed E-state index contributed by atoms with van der Waals surface area (Å²) < 4.78 is 0. The number of para-hydroxylation sites is 1. The first-order valence-corrected chi connectivity index (χ1v) is 26.4. The van der Waals surface area contributed by atoms with Crippen LogP contribution in [0.5, 0.6) is 0 Å². The Morgan fingerprint density at radius 3 is 2.17 bits per heavy atom. The van der Waals surface area contributed by atoms with Crippen LogP contribution >= 0.6 is 11.6 Å². The fourth-order valence-electron chi connectivity index (χ4n) is 9.29. The lowest BCUT2D eigenvalue weighted by atomic mass is 9.83. The smallest absolute Gasteiger partial charge is 0.243 e. The summed E-state index contributed by atoms with van der Waals surface area (Å²) in [5, 5.41) is 14.8. The molecule has 24 nitrogen and oxygen atoms in total. The highest BCUT2D eigenvalue weighted by Gasteiger charge is 2.35. The van der Waals surface area contributed by atoms with Gasteiger partial charge in [-0.2, -0.15) is 0 Å². The minimum atomic E-state index is -1.40. The molecule has 5 rings (SSSR count). The quantitative estimate of drug-likeness (QED) is 0.0371. The molecule has 2 aromatic heterocycles. The molecule has 6 amide bonds. The van der Waals surface area contributed by atoms with Crippen molar-refractivity contribution >= 4 is 87.2 Å². The number of aromatic nitrogens is 3. The number of carbonyl (C=O) groups excluding carboxylic acids is 9. The monoisotopic (exact) mass is 1100 g/mol. The molecule has 0 saturated carbocycles. The minimum Gasteiger partial charge on any atom is -0.370 e. The van der Waals surface area contributed by atoms with Gasteiger partial charge in [-0.05, 0) is 87.1 Å². The normalized spacial score (nSPS) is 21.1. The molecule has 0 radical (unpaired) electrons. The number of guanidine groups is 2. The Morgan fingerprint density at radius 2 is 1.47 bits per heavy atom.